The molecule has 166 valence electrons. The number of alkyl halides is 3. The topological polar surface area (TPSA) is 73.9 Å². The van der Waals surface area contributed by atoms with Gasteiger partial charge in [0.2, 0.25) is 0 Å². The van der Waals surface area contributed by atoms with E-state index < -0.39 is 17.8 Å². The molecule has 1 aromatic carbocycles. The molecular weight excluding hydrogens is 431 g/mol. The zero-order valence-electron chi connectivity index (χ0n) is 17.0. The van der Waals surface area contributed by atoms with Crippen molar-refractivity contribution in [3.05, 3.63) is 59.2 Å². The minimum Gasteiger partial charge on any atom is -0.349 e. The molecule has 4 rings (SSSR count). The molecule has 0 aliphatic carbocycles. The lowest BCUT2D eigenvalue weighted by atomic mass is 9.96. The van der Waals surface area contributed by atoms with Gasteiger partial charge in [-0.15, -0.1) is 12.4 Å². The number of rotatable bonds is 3. The summed E-state index contributed by atoms with van der Waals surface area (Å²) in [7, 11) is 2.01. The highest BCUT2D eigenvalue weighted by molar-refractivity contribution is 5.95. The number of amides is 1. The molecule has 1 saturated heterocycles. The van der Waals surface area contributed by atoms with E-state index in [4.69, 9.17) is 0 Å². The van der Waals surface area contributed by atoms with Crippen molar-refractivity contribution in [1.82, 2.24) is 25.2 Å². The molecule has 0 bridgehead atoms. The van der Waals surface area contributed by atoms with Crippen LogP contribution >= 0.6 is 12.4 Å². The van der Waals surface area contributed by atoms with Gasteiger partial charge >= 0.3 is 6.18 Å². The lowest BCUT2D eigenvalue weighted by molar-refractivity contribution is -0.141. The van der Waals surface area contributed by atoms with Crippen molar-refractivity contribution in [1.29, 1.82) is 0 Å². The molecule has 0 spiro atoms. The molecule has 0 radical (unpaired) electrons. The second kappa shape index (κ2) is 8.84. The number of pyridine rings is 1. The Morgan fingerprint density at radius 2 is 1.94 bits per heavy atom. The number of fused-ring (bicyclic) bond motifs is 1. The summed E-state index contributed by atoms with van der Waals surface area (Å²) in [5.74, 6) is 0.427. The molecule has 1 aliphatic heterocycles. The van der Waals surface area contributed by atoms with Crippen LogP contribution in [0.5, 0.6) is 0 Å². The van der Waals surface area contributed by atoms with Gasteiger partial charge < -0.3 is 10.3 Å². The number of aryl methyl sites for hydroxylation is 1. The molecule has 3 aromatic rings. The number of para-hydroxylation sites is 2. The minimum atomic E-state index is -4.53. The average molecular weight is 454 g/mol. The van der Waals surface area contributed by atoms with Crippen molar-refractivity contribution in [3.8, 4) is 0 Å². The van der Waals surface area contributed by atoms with E-state index in [9.17, 15) is 18.0 Å². The van der Waals surface area contributed by atoms with E-state index in [1.165, 1.54) is 13.0 Å². The molecule has 1 fully saturated rings. The van der Waals surface area contributed by atoms with E-state index in [1.54, 1.807) is 0 Å². The maximum Gasteiger partial charge on any atom is 0.433 e. The van der Waals surface area contributed by atoms with Gasteiger partial charge in [-0.1, -0.05) is 12.1 Å². The quantitative estimate of drug-likeness (QED) is 0.621. The van der Waals surface area contributed by atoms with Crippen molar-refractivity contribution < 1.29 is 18.0 Å². The Kier molecular flexibility index (Phi) is 6.56. The van der Waals surface area contributed by atoms with Crippen LogP contribution in [0.25, 0.3) is 11.0 Å². The highest BCUT2D eigenvalue weighted by Crippen LogP contribution is 2.30. The molecule has 31 heavy (non-hydrogen) atoms. The molecular formula is C21H23ClF3N5O. The van der Waals surface area contributed by atoms with Gasteiger partial charge in [-0.3, -0.25) is 9.69 Å². The van der Waals surface area contributed by atoms with Crippen molar-refractivity contribution in [2.24, 2.45) is 0 Å². The Labute approximate surface area is 183 Å². The number of nitrogens with zero attached hydrogens (tertiary/aromatic N) is 3. The third-order valence-corrected chi connectivity index (χ3v) is 5.55. The second-order valence-electron chi connectivity index (χ2n) is 7.66. The number of aromatic nitrogens is 3. The van der Waals surface area contributed by atoms with E-state index in [-0.39, 0.29) is 35.7 Å². The molecule has 3 heterocycles. The first-order valence-electron chi connectivity index (χ1n) is 9.73. The van der Waals surface area contributed by atoms with E-state index in [1.807, 2.05) is 31.3 Å². The predicted octanol–water partition coefficient (Wildman–Crippen LogP) is 4.27. The Hall–Kier alpha value is -2.65. The van der Waals surface area contributed by atoms with Crippen LogP contribution < -0.4 is 5.32 Å². The van der Waals surface area contributed by atoms with Gasteiger partial charge in [0.15, 0.2) is 0 Å². The fourth-order valence-electron chi connectivity index (χ4n) is 3.89. The summed E-state index contributed by atoms with van der Waals surface area (Å²) >= 11 is 0. The number of aromatic amines is 1. The fraction of sp³-hybridized carbons (Fsp3) is 0.381. The van der Waals surface area contributed by atoms with Crippen LogP contribution in [0.15, 0.2) is 36.4 Å². The van der Waals surface area contributed by atoms with Crippen LogP contribution in [0.1, 0.15) is 46.5 Å². The van der Waals surface area contributed by atoms with Crippen LogP contribution in [0.4, 0.5) is 13.2 Å². The van der Waals surface area contributed by atoms with Crippen LogP contribution in [0.2, 0.25) is 0 Å². The molecule has 2 atom stereocenters. The van der Waals surface area contributed by atoms with Crippen LogP contribution in [-0.4, -0.2) is 45.4 Å². The third kappa shape index (κ3) is 4.83. The molecule has 10 heteroatoms. The number of carbonyl (C=O) groups excluding carboxylic acids is 1. The number of hydrogen-bond donors (Lipinski definition) is 2. The number of H-pyrrole nitrogens is 1. The first-order chi connectivity index (χ1) is 14.2. The lowest BCUT2D eigenvalue weighted by Crippen LogP contribution is -2.45. The summed E-state index contributed by atoms with van der Waals surface area (Å²) in [5, 5.41) is 2.96. The summed E-state index contributed by atoms with van der Waals surface area (Å²) in [6.45, 7) is 2.17. The number of halogens is 4. The standard InChI is InChI=1S/C21H22F3N5O.ClH/c1-12-14(7-8-18(25-12)21(22,23)24)20(30)26-13-9-10-29(2)17(11-13)19-27-15-5-3-4-6-16(15)28-19;/h3-8,13,17H,9-11H2,1-2H3,(H,26,30)(H,27,28);1H/t13-,17-;/m1./s1. The van der Waals surface area contributed by atoms with Crippen LogP contribution in [0.3, 0.4) is 0 Å². The normalized spacial score (nSPS) is 19.8. The number of nitrogens with one attached hydrogen (secondary N) is 2. The molecule has 0 unspecified atom stereocenters. The van der Waals surface area contributed by atoms with E-state index in [0.29, 0.717) is 6.42 Å². The smallest absolute Gasteiger partial charge is 0.349 e. The Balaban J connectivity index is 0.00000272. The van der Waals surface area contributed by atoms with Crippen molar-refractivity contribution in [2.75, 3.05) is 13.6 Å². The van der Waals surface area contributed by atoms with Gasteiger partial charge in [0, 0.05) is 12.6 Å². The van der Waals surface area contributed by atoms with Crippen molar-refractivity contribution in [3.63, 3.8) is 0 Å². The van der Waals surface area contributed by atoms with Gasteiger partial charge in [0.05, 0.1) is 28.3 Å². The Morgan fingerprint density at radius 1 is 1.19 bits per heavy atom. The first-order valence-corrected chi connectivity index (χ1v) is 9.73. The van der Waals surface area contributed by atoms with E-state index >= 15 is 0 Å². The Bertz CT molecular complexity index is 1050. The van der Waals surface area contributed by atoms with Crippen molar-refractivity contribution >= 4 is 29.3 Å². The minimum absolute atomic E-state index is 0. The monoisotopic (exact) mass is 453 g/mol. The summed E-state index contributed by atoms with van der Waals surface area (Å²) in [5.41, 5.74) is 1.06. The third-order valence-electron chi connectivity index (χ3n) is 5.55. The largest absolute Gasteiger partial charge is 0.433 e. The highest BCUT2D eigenvalue weighted by atomic mass is 35.5. The molecule has 6 nitrogen and oxygen atoms in total. The molecule has 1 aliphatic rings. The summed E-state index contributed by atoms with van der Waals surface area (Å²) < 4.78 is 38.4. The maximum absolute atomic E-state index is 12.8. The zero-order chi connectivity index (χ0) is 21.5. The molecule has 2 N–H and O–H groups in total. The van der Waals surface area contributed by atoms with Gasteiger partial charge in [-0.25, -0.2) is 9.97 Å². The second-order valence-corrected chi connectivity index (χ2v) is 7.66. The van der Waals surface area contributed by atoms with Gasteiger partial charge in [-0.05, 0) is 51.1 Å². The lowest BCUT2D eigenvalue weighted by Gasteiger charge is -2.36. The van der Waals surface area contributed by atoms with E-state index in [0.717, 1.165) is 35.9 Å². The Morgan fingerprint density at radius 3 is 2.61 bits per heavy atom. The van der Waals surface area contributed by atoms with Crippen LogP contribution in [-0.2, 0) is 6.18 Å². The van der Waals surface area contributed by atoms with Crippen molar-refractivity contribution in [2.45, 2.75) is 38.0 Å². The van der Waals surface area contributed by atoms with Gasteiger partial charge in [0.1, 0.15) is 11.5 Å². The maximum atomic E-state index is 12.8. The van der Waals surface area contributed by atoms with Crippen LogP contribution in [0, 0.1) is 6.92 Å². The number of imidazole rings is 1. The number of piperidine rings is 1. The number of benzene rings is 1. The number of hydrogen-bond acceptors (Lipinski definition) is 4. The zero-order valence-corrected chi connectivity index (χ0v) is 17.8. The number of carbonyl (C=O) groups is 1. The molecule has 0 saturated carbocycles. The number of likely N-dealkylation sites (tertiary alicyclic amines) is 1. The van der Waals surface area contributed by atoms with Gasteiger partial charge in [0.25, 0.3) is 5.91 Å². The summed E-state index contributed by atoms with van der Waals surface area (Å²) in [6.07, 6.45) is -3.14. The first kappa shape index (κ1) is 23.0. The molecule has 1 amide bonds. The fourth-order valence-corrected chi connectivity index (χ4v) is 3.89. The average Bonchev–Trinajstić information content (AvgIpc) is 3.12. The van der Waals surface area contributed by atoms with E-state index in [2.05, 4.69) is 25.2 Å². The molecule has 2 aromatic heterocycles. The highest BCUT2D eigenvalue weighted by Gasteiger charge is 2.34. The predicted molar refractivity (Wildman–Crippen MR) is 113 cm³/mol. The SMILES string of the molecule is Cc1nc(C(F)(F)F)ccc1C(=O)N[C@@H]1CCN(C)[C@@H](c2nc3ccccc3[nH]2)C1.Cl. The van der Waals surface area contributed by atoms with Gasteiger partial charge in [-0.2, -0.15) is 13.2 Å². The summed E-state index contributed by atoms with van der Waals surface area (Å²) in [4.78, 5) is 26.5. The summed E-state index contributed by atoms with van der Waals surface area (Å²) in [6, 6.07) is 9.70.